The zero-order valence-corrected chi connectivity index (χ0v) is 13.3. The average Bonchev–Trinajstić information content (AvgIpc) is 2.64. The van der Waals surface area contributed by atoms with Gasteiger partial charge in [0.15, 0.2) is 0 Å². The maximum absolute atomic E-state index is 11.6. The van der Waals surface area contributed by atoms with Crippen molar-refractivity contribution in [2.24, 2.45) is 11.5 Å². The number of primary amides is 2. The van der Waals surface area contributed by atoms with Crippen molar-refractivity contribution in [2.75, 3.05) is 0 Å². The van der Waals surface area contributed by atoms with Crippen LogP contribution in [0.4, 0.5) is 0 Å². The molecule has 0 saturated heterocycles. The summed E-state index contributed by atoms with van der Waals surface area (Å²) < 4.78 is 6.25. The second kappa shape index (κ2) is 5.82. The third-order valence-corrected chi connectivity index (χ3v) is 4.42. The van der Waals surface area contributed by atoms with Crippen molar-refractivity contribution in [3.8, 4) is 5.75 Å². The zero-order valence-electron chi connectivity index (χ0n) is 10.9. The lowest BCUT2D eigenvalue weighted by molar-refractivity contribution is -0.131. The molecule has 0 aliphatic carbocycles. The van der Waals surface area contributed by atoms with Gasteiger partial charge in [-0.15, -0.1) is 11.3 Å². The van der Waals surface area contributed by atoms with Crippen LogP contribution < -0.4 is 16.2 Å². The van der Waals surface area contributed by atoms with Crippen molar-refractivity contribution in [3.63, 3.8) is 0 Å². The Kier molecular flexibility index (Phi) is 4.29. The lowest BCUT2D eigenvalue weighted by Gasteiger charge is -2.04. The number of ether oxygens (including phenoxy) is 1. The predicted octanol–water partition coefficient (Wildman–Crippen LogP) is 1.72. The van der Waals surface area contributed by atoms with Gasteiger partial charge in [-0.25, -0.2) is 0 Å². The summed E-state index contributed by atoms with van der Waals surface area (Å²) in [5.74, 6) is -1.31. The molecular weight excluding hydrogens is 360 g/mol. The Morgan fingerprint density at radius 2 is 1.95 bits per heavy atom. The second-order valence-corrected chi connectivity index (χ2v) is 6.27. The van der Waals surface area contributed by atoms with E-state index >= 15 is 0 Å². The predicted molar refractivity (Wildman–Crippen MR) is 82.3 cm³/mol. The molecule has 0 unspecified atom stereocenters. The Labute approximate surface area is 132 Å². The summed E-state index contributed by atoms with van der Waals surface area (Å²) in [6.45, 7) is 1.29. The minimum absolute atomic E-state index is 0.0713. The highest BCUT2D eigenvalue weighted by molar-refractivity contribution is 9.10. The van der Waals surface area contributed by atoms with Gasteiger partial charge in [-0.2, -0.15) is 0 Å². The molecule has 0 aliphatic heterocycles. The van der Waals surface area contributed by atoms with Gasteiger partial charge < -0.3 is 16.2 Å². The minimum Gasteiger partial charge on any atom is -0.425 e. The first-order valence-electron chi connectivity index (χ1n) is 5.81. The number of rotatable bonds is 4. The molecule has 1 aromatic carbocycles. The number of amides is 2. The molecule has 1 aromatic heterocycles. The van der Waals surface area contributed by atoms with Crippen molar-refractivity contribution in [3.05, 3.63) is 27.0 Å². The summed E-state index contributed by atoms with van der Waals surface area (Å²) in [5, 5.41) is 0.589. The van der Waals surface area contributed by atoms with Crippen molar-refractivity contribution in [2.45, 2.75) is 13.3 Å². The standard InChI is InChI=1S/C13H11BrN2O4S/c1-5(17)20-8-3-9-6(2-7(8)14)12(13(16)19)10(21-9)4-11(15)18/h2-3H,4H2,1H3,(H2,15,18)(H2,16,19). The Morgan fingerprint density at radius 1 is 1.29 bits per heavy atom. The minimum atomic E-state index is -0.635. The SMILES string of the molecule is CC(=O)Oc1cc2sc(CC(N)=O)c(C(N)=O)c2cc1Br. The molecule has 2 rings (SSSR count). The molecule has 2 aromatic rings. The Morgan fingerprint density at radius 3 is 2.48 bits per heavy atom. The molecule has 0 bridgehead atoms. The van der Waals surface area contributed by atoms with Crippen LogP contribution in [0.2, 0.25) is 0 Å². The fourth-order valence-electron chi connectivity index (χ4n) is 1.93. The number of hydrogen-bond donors (Lipinski definition) is 2. The fourth-order valence-corrected chi connectivity index (χ4v) is 3.59. The smallest absolute Gasteiger partial charge is 0.308 e. The van der Waals surface area contributed by atoms with Gasteiger partial charge in [0.1, 0.15) is 5.75 Å². The van der Waals surface area contributed by atoms with Gasteiger partial charge >= 0.3 is 5.97 Å². The van der Waals surface area contributed by atoms with Gasteiger partial charge in [-0.05, 0) is 28.1 Å². The number of nitrogens with two attached hydrogens (primary N) is 2. The molecule has 0 saturated carbocycles. The molecule has 6 nitrogen and oxygen atoms in total. The van der Waals surface area contributed by atoms with E-state index in [4.69, 9.17) is 16.2 Å². The normalized spacial score (nSPS) is 10.6. The molecule has 0 aliphatic rings. The van der Waals surface area contributed by atoms with Crippen LogP contribution in [0.5, 0.6) is 5.75 Å². The largest absolute Gasteiger partial charge is 0.425 e. The van der Waals surface area contributed by atoms with Crippen LogP contribution >= 0.6 is 27.3 Å². The Balaban J connectivity index is 2.66. The highest BCUT2D eigenvalue weighted by Crippen LogP contribution is 2.38. The summed E-state index contributed by atoms with van der Waals surface area (Å²) in [6.07, 6.45) is -0.0713. The van der Waals surface area contributed by atoms with Crippen LogP contribution in [0.3, 0.4) is 0 Å². The van der Waals surface area contributed by atoms with Gasteiger partial charge in [-0.3, -0.25) is 14.4 Å². The quantitative estimate of drug-likeness (QED) is 0.629. The molecule has 4 N–H and O–H groups in total. The van der Waals surface area contributed by atoms with Crippen LogP contribution in [-0.4, -0.2) is 17.8 Å². The molecular formula is C13H11BrN2O4S. The second-order valence-electron chi connectivity index (χ2n) is 4.28. The molecule has 0 fully saturated rings. The summed E-state index contributed by atoms with van der Waals surface area (Å²) in [7, 11) is 0. The lowest BCUT2D eigenvalue weighted by Crippen LogP contribution is -2.17. The van der Waals surface area contributed by atoms with E-state index in [1.807, 2.05) is 0 Å². The van der Waals surface area contributed by atoms with E-state index < -0.39 is 17.8 Å². The number of halogens is 1. The first kappa shape index (κ1) is 15.5. The number of carbonyl (C=O) groups excluding carboxylic acids is 3. The Hall–Kier alpha value is -1.93. The number of fused-ring (bicyclic) bond motifs is 1. The van der Waals surface area contributed by atoms with Gasteiger partial charge in [0, 0.05) is 21.9 Å². The Bertz CT molecular complexity index is 769. The van der Waals surface area contributed by atoms with E-state index in [-0.39, 0.29) is 12.0 Å². The molecule has 2 amide bonds. The first-order chi connectivity index (χ1) is 9.79. The van der Waals surface area contributed by atoms with Crippen molar-refractivity contribution < 1.29 is 19.1 Å². The summed E-state index contributed by atoms with van der Waals surface area (Å²) >= 11 is 4.49. The third-order valence-electron chi connectivity index (χ3n) is 2.65. The summed E-state index contributed by atoms with van der Waals surface area (Å²) in [4.78, 5) is 34.3. The van der Waals surface area contributed by atoms with E-state index in [1.165, 1.54) is 18.3 Å². The van der Waals surface area contributed by atoms with Gasteiger partial charge in [0.2, 0.25) is 11.8 Å². The van der Waals surface area contributed by atoms with Crippen molar-refractivity contribution in [1.29, 1.82) is 0 Å². The number of benzene rings is 1. The monoisotopic (exact) mass is 370 g/mol. The van der Waals surface area contributed by atoms with E-state index in [0.717, 1.165) is 0 Å². The average molecular weight is 371 g/mol. The number of esters is 1. The van der Waals surface area contributed by atoms with Gasteiger partial charge in [-0.1, -0.05) is 0 Å². The van der Waals surface area contributed by atoms with E-state index in [2.05, 4.69) is 15.9 Å². The van der Waals surface area contributed by atoms with Crippen molar-refractivity contribution >= 4 is 55.1 Å². The van der Waals surface area contributed by atoms with Crippen LogP contribution in [0.25, 0.3) is 10.1 Å². The molecule has 0 spiro atoms. The molecule has 21 heavy (non-hydrogen) atoms. The highest BCUT2D eigenvalue weighted by Gasteiger charge is 2.20. The topological polar surface area (TPSA) is 112 Å². The maximum Gasteiger partial charge on any atom is 0.308 e. The lowest BCUT2D eigenvalue weighted by atomic mass is 10.1. The molecule has 110 valence electrons. The number of hydrogen-bond acceptors (Lipinski definition) is 5. The van der Waals surface area contributed by atoms with Crippen LogP contribution in [-0.2, 0) is 16.0 Å². The highest BCUT2D eigenvalue weighted by atomic mass is 79.9. The van der Waals surface area contributed by atoms with E-state index in [9.17, 15) is 14.4 Å². The van der Waals surface area contributed by atoms with Crippen LogP contribution in [0, 0.1) is 0 Å². The van der Waals surface area contributed by atoms with Crippen LogP contribution in [0.1, 0.15) is 22.2 Å². The summed E-state index contributed by atoms with van der Waals surface area (Å²) in [5.41, 5.74) is 10.8. The number of thiophene rings is 1. The van der Waals surface area contributed by atoms with E-state index in [1.54, 1.807) is 12.1 Å². The molecule has 8 heteroatoms. The maximum atomic E-state index is 11.6. The van der Waals surface area contributed by atoms with Gasteiger partial charge in [0.05, 0.1) is 16.5 Å². The third kappa shape index (κ3) is 3.22. The van der Waals surface area contributed by atoms with Crippen molar-refractivity contribution in [1.82, 2.24) is 0 Å². The molecule has 0 atom stereocenters. The van der Waals surface area contributed by atoms with Gasteiger partial charge in [0.25, 0.3) is 0 Å². The first-order valence-corrected chi connectivity index (χ1v) is 7.42. The fraction of sp³-hybridized carbons (Fsp3) is 0.154. The summed E-state index contributed by atoms with van der Waals surface area (Å²) in [6, 6.07) is 3.25. The molecule has 0 radical (unpaired) electrons. The van der Waals surface area contributed by atoms with E-state index in [0.29, 0.717) is 25.2 Å². The van der Waals surface area contributed by atoms with Crippen LogP contribution in [0.15, 0.2) is 16.6 Å². The molecule has 1 heterocycles. The zero-order chi connectivity index (χ0) is 15.7. The number of carbonyl (C=O) groups is 3.